The predicted octanol–water partition coefficient (Wildman–Crippen LogP) is 2.71. The Balaban J connectivity index is 2.19. The van der Waals surface area contributed by atoms with Crippen LogP contribution in [-0.2, 0) is 11.3 Å². The Morgan fingerprint density at radius 2 is 2.00 bits per heavy atom. The van der Waals surface area contributed by atoms with Gasteiger partial charge in [0.2, 0.25) is 5.91 Å². The second-order valence-corrected chi connectivity index (χ2v) is 4.88. The van der Waals surface area contributed by atoms with Gasteiger partial charge in [0.25, 0.3) is 0 Å². The molecule has 108 valence electrons. The van der Waals surface area contributed by atoms with Crippen molar-refractivity contribution in [3.05, 3.63) is 65.5 Å². The molecular weight excluding hydrogens is 262 g/mol. The first-order chi connectivity index (χ1) is 10.0. The molecular formula is C17H19N3O. The Bertz CT molecular complexity index is 696. The van der Waals surface area contributed by atoms with Gasteiger partial charge in [-0.3, -0.25) is 9.48 Å². The van der Waals surface area contributed by atoms with E-state index >= 15 is 0 Å². The minimum absolute atomic E-state index is 0.309. The fourth-order valence-electron chi connectivity index (χ4n) is 2.29. The molecule has 0 aliphatic carbocycles. The number of nitrogens with two attached hydrogens (primary N) is 1. The molecule has 21 heavy (non-hydrogen) atoms. The molecule has 0 saturated carbocycles. The Labute approximate surface area is 124 Å². The van der Waals surface area contributed by atoms with Gasteiger partial charge in [-0.25, -0.2) is 0 Å². The second kappa shape index (κ2) is 6.22. The third kappa shape index (κ3) is 3.28. The molecule has 4 nitrogen and oxygen atoms in total. The number of amides is 1. The minimum Gasteiger partial charge on any atom is -0.366 e. The van der Waals surface area contributed by atoms with Gasteiger partial charge in [0.15, 0.2) is 0 Å². The first-order valence-corrected chi connectivity index (χ1v) is 6.75. The highest BCUT2D eigenvalue weighted by atomic mass is 16.1. The lowest BCUT2D eigenvalue weighted by Gasteiger charge is -2.03. The molecule has 0 unspecified atom stereocenters. The standard InChI is InChI=1S/C17H19N3O/c1-12(17(18)21)16-13(2)19-20(14(16)3)11-7-10-15-8-5-4-6-9-15/h4-10H,1,11H2,2-3H3,(H2,18,21). The molecule has 0 atom stereocenters. The van der Waals surface area contributed by atoms with Crippen molar-refractivity contribution in [2.24, 2.45) is 5.73 Å². The van der Waals surface area contributed by atoms with E-state index in [1.165, 1.54) is 0 Å². The first kappa shape index (κ1) is 14.8. The highest BCUT2D eigenvalue weighted by Crippen LogP contribution is 2.21. The summed E-state index contributed by atoms with van der Waals surface area (Å²) in [5, 5.41) is 4.44. The Hall–Kier alpha value is -2.62. The molecule has 1 aromatic heterocycles. The fraction of sp³-hybridized carbons (Fsp3) is 0.176. The van der Waals surface area contributed by atoms with Gasteiger partial charge in [0.1, 0.15) is 0 Å². The molecule has 0 aliphatic rings. The Morgan fingerprint density at radius 3 is 2.62 bits per heavy atom. The average molecular weight is 281 g/mol. The van der Waals surface area contributed by atoms with Crippen LogP contribution in [-0.4, -0.2) is 15.7 Å². The van der Waals surface area contributed by atoms with E-state index in [1.807, 2.05) is 61.0 Å². The summed E-state index contributed by atoms with van der Waals surface area (Å²) >= 11 is 0. The Morgan fingerprint density at radius 1 is 1.33 bits per heavy atom. The van der Waals surface area contributed by atoms with Crippen LogP contribution in [0.2, 0.25) is 0 Å². The largest absolute Gasteiger partial charge is 0.366 e. The number of primary amides is 1. The average Bonchev–Trinajstić information content (AvgIpc) is 2.74. The van der Waals surface area contributed by atoms with Crippen LogP contribution in [0.15, 0.2) is 43.0 Å². The van der Waals surface area contributed by atoms with Crippen molar-refractivity contribution >= 4 is 17.6 Å². The lowest BCUT2D eigenvalue weighted by atomic mass is 10.1. The molecule has 2 rings (SSSR count). The lowest BCUT2D eigenvalue weighted by Crippen LogP contribution is -2.13. The smallest absolute Gasteiger partial charge is 0.248 e. The fourth-order valence-corrected chi connectivity index (χ4v) is 2.29. The third-order valence-corrected chi connectivity index (χ3v) is 3.37. The van der Waals surface area contributed by atoms with Crippen LogP contribution in [0.5, 0.6) is 0 Å². The Kier molecular flexibility index (Phi) is 4.38. The van der Waals surface area contributed by atoms with Gasteiger partial charge < -0.3 is 5.73 Å². The number of carbonyl (C=O) groups is 1. The number of hydrogen-bond acceptors (Lipinski definition) is 2. The minimum atomic E-state index is -0.513. The molecule has 4 heteroatoms. The normalized spacial score (nSPS) is 11.0. The number of aryl methyl sites for hydroxylation is 1. The predicted molar refractivity (Wildman–Crippen MR) is 85.4 cm³/mol. The first-order valence-electron chi connectivity index (χ1n) is 6.75. The van der Waals surface area contributed by atoms with Gasteiger partial charge in [0, 0.05) is 16.8 Å². The number of carbonyl (C=O) groups excluding carboxylic acids is 1. The van der Waals surface area contributed by atoms with Gasteiger partial charge in [-0.2, -0.15) is 5.10 Å². The molecule has 1 aromatic carbocycles. The summed E-state index contributed by atoms with van der Waals surface area (Å²) in [6, 6.07) is 10.1. The van der Waals surface area contributed by atoms with E-state index in [9.17, 15) is 4.79 Å². The van der Waals surface area contributed by atoms with Crippen molar-refractivity contribution in [2.75, 3.05) is 0 Å². The molecule has 0 saturated heterocycles. The van der Waals surface area contributed by atoms with Crippen LogP contribution >= 0.6 is 0 Å². The molecule has 2 aromatic rings. The number of aromatic nitrogens is 2. The summed E-state index contributed by atoms with van der Waals surface area (Å²) in [4.78, 5) is 11.3. The van der Waals surface area contributed by atoms with Gasteiger partial charge in [-0.05, 0) is 19.4 Å². The number of rotatable bonds is 5. The van der Waals surface area contributed by atoms with Gasteiger partial charge in [0.05, 0.1) is 12.2 Å². The molecule has 0 fully saturated rings. The summed E-state index contributed by atoms with van der Waals surface area (Å²) in [5.74, 6) is -0.513. The van der Waals surface area contributed by atoms with Crippen LogP contribution < -0.4 is 5.73 Å². The molecule has 1 heterocycles. The molecule has 0 radical (unpaired) electrons. The third-order valence-electron chi connectivity index (χ3n) is 3.37. The lowest BCUT2D eigenvalue weighted by molar-refractivity contribution is -0.112. The quantitative estimate of drug-likeness (QED) is 0.857. The number of allylic oxidation sites excluding steroid dienone is 1. The van der Waals surface area contributed by atoms with E-state index in [2.05, 4.69) is 11.7 Å². The topological polar surface area (TPSA) is 60.9 Å². The van der Waals surface area contributed by atoms with Gasteiger partial charge >= 0.3 is 0 Å². The molecule has 0 spiro atoms. The second-order valence-electron chi connectivity index (χ2n) is 4.88. The van der Waals surface area contributed by atoms with Crippen LogP contribution in [0.25, 0.3) is 11.6 Å². The van der Waals surface area contributed by atoms with Crippen LogP contribution in [0, 0.1) is 13.8 Å². The van der Waals surface area contributed by atoms with E-state index in [0.29, 0.717) is 12.1 Å². The monoisotopic (exact) mass is 281 g/mol. The SMILES string of the molecule is C=C(C(N)=O)c1c(C)nn(CC=Cc2ccccc2)c1C. The van der Waals surface area contributed by atoms with E-state index in [-0.39, 0.29) is 0 Å². The molecule has 0 bridgehead atoms. The van der Waals surface area contributed by atoms with Crippen molar-refractivity contribution in [3.8, 4) is 0 Å². The summed E-state index contributed by atoms with van der Waals surface area (Å²) in [7, 11) is 0. The summed E-state index contributed by atoms with van der Waals surface area (Å²) in [5.41, 5.74) is 9.16. The number of nitrogens with zero attached hydrogens (tertiary/aromatic N) is 2. The maximum Gasteiger partial charge on any atom is 0.248 e. The van der Waals surface area contributed by atoms with E-state index in [1.54, 1.807) is 0 Å². The molecule has 2 N–H and O–H groups in total. The summed E-state index contributed by atoms with van der Waals surface area (Å²) < 4.78 is 1.85. The van der Waals surface area contributed by atoms with Crippen molar-refractivity contribution in [1.82, 2.24) is 9.78 Å². The maximum atomic E-state index is 11.3. The highest BCUT2D eigenvalue weighted by Gasteiger charge is 2.16. The van der Waals surface area contributed by atoms with E-state index < -0.39 is 5.91 Å². The zero-order valence-corrected chi connectivity index (χ0v) is 12.3. The van der Waals surface area contributed by atoms with E-state index in [4.69, 9.17) is 5.73 Å². The van der Waals surface area contributed by atoms with Gasteiger partial charge in [-0.1, -0.05) is 49.1 Å². The van der Waals surface area contributed by atoms with Crippen molar-refractivity contribution in [1.29, 1.82) is 0 Å². The number of hydrogen-bond donors (Lipinski definition) is 1. The van der Waals surface area contributed by atoms with Crippen molar-refractivity contribution in [3.63, 3.8) is 0 Å². The van der Waals surface area contributed by atoms with Crippen LogP contribution in [0.1, 0.15) is 22.5 Å². The van der Waals surface area contributed by atoms with Crippen molar-refractivity contribution in [2.45, 2.75) is 20.4 Å². The number of benzene rings is 1. The van der Waals surface area contributed by atoms with Gasteiger partial charge in [-0.15, -0.1) is 0 Å². The van der Waals surface area contributed by atoms with Crippen LogP contribution in [0.3, 0.4) is 0 Å². The zero-order chi connectivity index (χ0) is 15.4. The van der Waals surface area contributed by atoms with Crippen molar-refractivity contribution < 1.29 is 4.79 Å². The van der Waals surface area contributed by atoms with Crippen LogP contribution in [0.4, 0.5) is 0 Å². The highest BCUT2D eigenvalue weighted by molar-refractivity contribution is 6.18. The maximum absolute atomic E-state index is 11.3. The summed E-state index contributed by atoms with van der Waals surface area (Å²) in [6.07, 6.45) is 4.07. The van der Waals surface area contributed by atoms with E-state index in [0.717, 1.165) is 22.5 Å². The molecule has 0 aliphatic heterocycles. The molecule has 1 amide bonds. The zero-order valence-electron chi connectivity index (χ0n) is 12.3. The summed E-state index contributed by atoms with van der Waals surface area (Å²) in [6.45, 7) is 8.15.